The highest BCUT2D eigenvalue weighted by molar-refractivity contribution is 5.68. The molecule has 0 aromatic rings. The van der Waals surface area contributed by atoms with Gasteiger partial charge in [-0.15, -0.1) is 0 Å². The molecule has 21 heavy (non-hydrogen) atoms. The first-order chi connectivity index (χ1) is 9.78. The summed E-state index contributed by atoms with van der Waals surface area (Å²) < 4.78 is 5.40. The molecule has 0 radical (unpaired) electrons. The van der Waals surface area contributed by atoms with Gasteiger partial charge in [0, 0.05) is 39.3 Å². The highest BCUT2D eigenvalue weighted by atomic mass is 16.6. The van der Waals surface area contributed by atoms with Gasteiger partial charge in [-0.2, -0.15) is 0 Å². The molecular formula is C16H33N3O2. The zero-order valence-electron chi connectivity index (χ0n) is 14.4. The fourth-order valence-corrected chi connectivity index (χ4v) is 2.23. The minimum Gasteiger partial charge on any atom is -0.444 e. The molecule has 5 nitrogen and oxygen atoms in total. The summed E-state index contributed by atoms with van der Waals surface area (Å²) in [4.78, 5) is 16.2. The molecule has 0 spiro atoms. The van der Waals surface area contributed by atoms with Gasteiger partial charge in [0.1, 0.15) is 5.60 Å². The van der Waals surface area contributed by atoms with Crippen molar-refractivity contribution in [2.45, 2.75) is 46.6 Å². The third kappa shape index (κ3) is 8.27. The molecule has 0 saturated carbocycles. The Morgan fingerprint density at radius 3 is 2.29 bits per heavy atom. The summed E-state index contributed by atoms with van der Waals surface area (Å²) in [7, 11) is 0. The zero-order valence-corrected chi connectivity index (χ0v) is 14.4. The normalized spacial score (nSPS) is 17.3. The Balaban J connectivity index is 2.13. The number of amides is 1. The highest BCUT2D eigenvalue weighted by Crippen LogP contribution is 2.11. The van der Waals surface area contributed by atoms with Gasteiger partial charge >= 0.3 is 6.09 Å². The fourth-order valence-electron chi connectivity index (χ4n) is 2.23. The van der Waals surface area contributed by atoms with Gasteiger partial charge in [-0.3, -0.25) is 4.90 Å². The van der Waals surface area contributed by atoms with E-state index in [0.717, 1.165) is 51.7 Å². The van der Waals surface area contributed by atoms with Crippen LogP contribution in [0.5, 0.6) is 0 Å². The molecule has 0 bridgehead atoms. The Labute approximate surface area is 130 Å². The number of ether oxygens (including phenoxy) is 1. The van der Waals surface area contributed by atoms with E-state index < -0.39 is 5.60 Å². The molecule has 5 heteroatoms. The van der Waals surface area contributed by atoms with E-state index in [4.69, 9.17) is 4.74 Å². The van der Waals surface area contributed by atoms with Gasteiger partial charge in [0.05, 0.1) is 0 Å². The minimum absolute atomic E-state index is 0.183. The quantitative estimate of drug-likeness (QED) is 0.764. The molecule has 1 saturated heterocycles. The SMILES string of the molecule is CC(C)CCNCCN1CCN(C(=O)OC(C)(C)C)CC1. The van der Waals surface area contributed by atoms with Gasteiger partial charge in [-0.1, -0.05) is 13.8 Å². The van der Waals surface area contributed by atoms with E-state index in [9.17, 15) is 4.79 Å². The Bertz CT molecular complexity index is 305. The van der Waals surface area contributed by atoms with Crippen LogP contribution in [0.15, 0.2) is 0 Å². The molecule has 0 aromatic carbocycles. The molecule has 0 unspecified atom stereocenters. The van der Waals surface area contributed by atoms with Crippen LogP contribution in [0.1, 0.15) is 41.0 Å². The molecule has 1 fully saturated rings. The number of carbonyl (C=O) groups is 1. The molecule has 1 heterocycles. The summed E-state index contributed by atoms with van der Waals surface area (Å²) in [6.07, 6.45) is 1.05. The van der Waals surface area contributed by atoms with E-state index in [1.165, 1.54) is 6.42 Å². The van der Waals surface area contributed by atoms with Gasteiger partial charge < -0.3 is 15.0 Å². The maximum atomic E-state index is 12.0. The summed E-state index contributed by atoms with van der Waals surface area (Å²) >= 11 is 0. The molecule has 124 valence electrons. The second-order valence-corrected chi connectivity index (χ2v) is 7.24. The molecule has 0 aromatic heterocycles. The minimum atomic E-state index is -0.408. The Morgan fingerprint density at radius 2 is 1.76 bits per heavy atom. The molecule has 1 N–H and O–H groups in total. The predicted molar refractivity (Wildman–Crippen MR) is 86.6 cm³/mol. The van der Waals surface area contributed by atoms with Crippen molar-refractivity contribution in [1.29, 1.82) is 0 Å². The standard InChI is InChI=1S/C16H33N3O2/c1-14(2)6-7-17-8-9-18-10-12-19(13-11-18)15(20)21-16(3,4)5/h14,17H,6-13H2,1-5H3. The van der Waals surface area contributed by atoms with Gasteiger partial charge in [0.25, 0.3) is 0 Å². The molecule has 0 atom stereocenters. The van der Waals surface area contributed by atoms with E-state index in [-0.39, 0.29) is 6.09 Å². The van der Waals surface area contributed by atoms with Crippen molar-refractivity contribution in [3.05, 3.63) is 0 Å². The van der Waals surface area contributed by atoms with Crippen LogP contribution < -0.4 is 5.32 Å². The summed E-state index contributed by atoms with van der Waals surface area (Å²) in [5, 5.41) is 3.48. The largest absolute Gasteiger partial charge is 0.444 e. The molecule has 1 rings (SSSR count). The Kier molecular flexibility index (Phi) is 7.46. The number of rotatable bonds is 6. The van der Waals surface area contributed by atoms with Crippen molar-refractivity contribution in [2.24, 2.45) is 5.92 Å². The monoisotopic (exact) mass is 299 g/mol. The maximum Gasteiger partial charge on any atom is 0.410 e. The fraction of sp³-hybridized carbons (Fsp3) is 0.938. The molecule has 1 aliphatic rings. The lowest BCUT2D eigenvalue weighted by atomic mass is 10.1. The summed E-state index contributed by atoms with van der Waals surface area (Å²) in [5.74, 6) is 0.759. The lowest BCUT2D eigenvalue weighted by Crippen LogP contribution is -2.51. The summed E-state index contributed by atoms with van der Waals surface area (Å²) in [6, 6.07) is 0. The summed E-state index contributed by atoms with van der Waals surface area (Å²) in [5.41, 5.74) is -0.408. The van der Waals surface area contributed by atoms with Crippen LogP contribution in [0.2, 0.25) is 0 Å². The van der Waals surface area contributed by atoms with E-state index >= 15 is 0 Å². The van der Waals surface area contributed by atoms with Crippen molar-refractivity contribution in [3.63, 3.8) is 0 Å². The molecule has 0 aliphatic carbocycles. The van der Waals surface area contributed by atoms with Crippen LogP contribution in [-0.4, -0.2) is 67.3 Å². The van der Waals surface area contributed by atoms with E-state index in [2.05, 4.69) is 24.1 Å². The first kappa shape index (κ1) is 18.2. The highest BCUT2D eigenvalue weighted by Gasteiger charge is 2.25. The lowest BCUT2D eigenvalue weighted by molar-refractivity contribution is 0.0146. The van der Waals surface area contributed by atoms with Crippen molar-refractivity contribution in [3.8, 4) is 0 Å². The average molecular weight is 299 g/mol. The predicted octanol–water partition coefficient (Wildman–Crippen LogP) is 2.17. The van der Waals surface area contributed by atoms with Crippen LogP contribution in [0.25, 0.3) is 0 Å². The van der Waals surface area contributed by atoms with Crippen LogP contribution in [0.4, 0.5) is 4.79 Å². The van der Waals surface area contributed by atoms with Crippen LogP contribution in [0, 0.1) is 5.92 Å². The Hall–Kier alpha value is -0.810. The van der Waals surface area contributed by atoms with Crippen LogP contribution >= 0.6 is 0 Å². The van der Waals surface area contributed by atoms with E-state index in [0.29, 0.717) is 0 Å². The number of nitrogens with one attached hydrogen (secondary N) is 1. The summed E-state index contributed by atoms with van der Waals surface area (Å²) in [6.45, 7) is 16.8. The molecule has 1 amide bonds. The van der Waals surface area contributed by atoms with Gasteiger partial charge in [0.15, 0.2) is 0 Å². The smallest absolute Gasteiger partial charge is 0.410 e. The topological polar surface area (TPSA) is 44.8 Å². The number of carbonyl (C=O) groups excluding carboxylic acids is 1. The number of hydrogen-bond acceptors (Lipinski definition) is 4. The lowest BCUT2D eigenvalue weighted by Gasteiger charge is -2.35. The van der Waals surface area contributed by atoms with Crippen LogP contribution in [-0.2, 0) is 4.74 Å². The van der Waals surface area contributed by atoms with Gasteiger partial charge in [-0.05, 0) is 39.7 Å². The van der Waals surface area contributed by atoms with E-state index in [1.54, 1.807) is 0 Å². The first-order valence-corrected chi connectivity index (χ1v) is 8.19. The second-order valence-electron chi connectivity index (χ2n) is 7.24. The molecule has 1 aliphatic heterocycles. The number of nitrogens with zero attached hydrogens (tertiary/aromatic N) is 2. The maximum absolute atomic E-state index is 12.0. The van der Waals surface area contributed by atoms with Crippen molar-refractivity contribution < 1.29 is 9.53 Å². The zero-order chi connectivity index (χ0) is 15.9. The third-order valence-electron chi connectivity index (χ3n) is 3.53. The molecular weight excluding hydrogens is 266 g/mol. The number of hydrogen-bond donors (Lipinski definition) is 1. The van der Waals surface area contributed by atoms with Crippen LogP contribution in [0.3, 0.4) is 0 Å². The van der Waals surface area contributed by atoms with Gasteiger partial charge in [-0.25, -0.2) is 4.79 Å². The second kappa shape index (κ2) is 8.59. The van der Waals surface area contributed by atoms with Crippen molar-refractivity contribution in [1.82, 2.24) is 15.1 Å². The van der Waals surface area contributed by atoms with Crippen molar-refractivity contribution in [2.75, 3.05) is 45.8 Å². The number of piperazine rings is 1. The van der Waals surface area contributed by atoms with E-state index in [1.807, 2.05) is 25.7 Å². The first-order valence-electron chi connectivity index (χ1n) is 8.19. The Morgan fingerprint density at radius 1 is 1.14 bits per heavy atom. The third-order valence-corrected chi connectivity index (χ3v) is 3.53. The van der Waals surface area contributed by atoms with Crippen molar-refractivity contribution >= 4 is 6.09 Å². The van der Waals surface area contributed by atoms with Gasteiger partial charge in [0.2, 0.25) is 0 Å². The average Bonchev–Trinajstić information content (AvgIpc) is 2.36.